The van der Waals surface area contributed by atoms with Crippen molar-refractivity contribution in [2.45, 2.75) is 147 Å². The number of carboxylic acids is 2. The summed E-state index contributed by atoms with van der Waals surface area (Å²) in [5, 5.41) is 81.9. The number of amides is 4. The number of nitrogens with two attached hydrogens (primary N) is 2. The third kappa shape index (κ3) is 34.8. The minimum absolute atomic E-state index is 0. The van der Waals surface area contributed by atoms with Crippen LogP contribution in [-0.4, -0.2) is 107 Å². The molecule has 6 aromatic rings. The van der Waals surface area contributed by atoms with E-state index in [1.165, 1.54) is 85.3 Å². The molecule has 0 aromatic heterocycles. The van der Waals surface area contributed by atoms with Crippen molar-refractivity contribution in [2.24, 2.45) is 0 Å². The smallest absolute Gasteiger partial charge is 0.411 e. The van der Waals surface area contributed by atoms with Crippen LogP contribution < -0.4 is 36.8 Å². The van der Waals surface area contributed by atoms with Crippen molar-refractivity contribution in [3.63, 3.8) is 0 Å². The van der Waals surface area contributed by atoms with E-state index >= 15 is 0 Å². The molecule has 592 valence electrons. The van der Waals surface area contributed by atoms with Gasteiger partial charge in [-0.15, -0.1) is 19.0 Å². The van der Waals surface area contributed by atoms with E-state index in [0.717, 1.165) is 83.0 Å². The second-order valence-corrected chi connectivity index (χ2v) is 26.6. The van der Waals surface area contributed by atoms with Crippen molar-refractivity contribution >= 4 is 133 Å². The fourth-order valence-corrected chi connectivity index (χ4v) is 9.58. The Morgan fingerprint density at radius 1 is 0.546 bits per heavy atom. The number of carbonyl (C=O) groups excluding carboxylic acids is 4. The zero-order chi connectivity index (χ0) is 82.4. The number of aryl methyl sites for hydroxylation is 3. The largest absolute Gasteiger partial charge is 0.481 e. The van der Waals surface area contributed by atoms with E-state index in [2.05, 4.69) is 70.0 Å². The summed E-state index contributed by atoms with van der Waals surface area (Å²) in [6, 6.07) is 28.4. The van der Waals surface area contributed by atoms with Gasteiger partial charge in [-0.2, -0.15) is 0 Å². The molecule has 35 heteroatoms. The Hall–Kier alpha value is -11.3. The summed E-state index contributed by atoms with van der Waals surface area (Å²) in [5.74, 6) is -2.00. The predicted molar refractivity (Wildman–Crippen MR) is 419 cm³/mol. The van der Waals surface area contributed by atoms with Crippen LogP contribution >= 0.6 is 24.0 Å². The number of nitro benzene ring substituents is 5. The zero-order valence-electron chi connectivity index (χ0n) is 63.5. The van der Waals surface area contributed by atoms with Gasteiger partial charge in [-0.1, -0.05) is 90.5 Å². The van der Waals surface area contributed by atoms with Crippen LogP contribution in [0.1, 0.15) is 144 Å². The summed E-state index contributed by atoms with van der Waals surface area (Å²) in [6.07, 6.45) is 0.0253. The van der Waals surface area contributed by atoms with Gasteiger partial charge in [0.2, 0.25) is 23.0 Å². The molecule has 108 heavy (non-hydrogen) atoms. The molecule has 32 nitrogen and oxygen atoms in total. The summed E-state index contributed by atoms with van der Waals surface area (Å²) in [7, 11) is 0. The Kier molecular flexibility index (Phi) is 42.9. The van der Waals surface area contributed by atoms with Crippen LogP contribution in [0.4, 0.5) is 73.0 Å². The summed E-state index contributed by atoms with van der Waals surface area (Å²) < 4.78 is 0. The standard InChI is InChI=1S/C13H16N2O3.C12H16N2O.C11H12N2O4.C10H12N2O2.C9H10N2O3.C7H8N2O2.C5H10.C2H3ClO.2C2H4O2.ClH.Pd/c1-9(2)8-14(11(4)16)13-7-12(15(17)18)6-5-10(13)3;1-8(15)14-7-12(2,3)10-5-4-9(13)6-11(10)14;1-11(2)6-12(10(14)15)9-5-7(13(16)17)3-4-8(9)11;1-10(2)6-11-9-5-7(12(13)14)3-4-8(9)10;1-6-3-4-8(11(13)14)5-9(6)10-7(2)12;1-5-2-3-6(9(10)11)4-7(5)8;1-4-5(2)3;3*1-2(3)4;;/h5-7H,1,8H2,2-4H3;4-6H,7,13H2,1-3H3;3-5H,6H2,1-2H3,(H,14,15);3-5,11H,6H2,1-2H3;3-5H,1-2H3,(H,10,12);2-4H,8H2,1H3;2,4H2,1,3H3;1H3;2*1H3,(H,3,4);1H;. The number of benzene rings is 6. The molecular weight excluding hydrogens is 1540 g/mol. The number of hydrogen-bond acceptors (Lipinski definition) is 20. The van der Waals surface area contributed by atoms with Gasteiger partial charge in [0.25, 0.3) is 40.4 Å². The molecule has 0 atom stereocenters. The van der Waals surface area contributed by atoms with Crippen molar-refractivity contribution in [1.29, 1.82) is 0 Å². The van der Waals surface area contributed by atoms with Crippen molar-refractivity contribution in [2.75, 3.05) is 63.0 Å². The van der Waals surface area contributed by atoms with E-state index in [9.17, 15) is 74.5 Å². The van der Waals surface area contributed by atoms with Gasteiger partial charge in [0.1, 0.15) is 0 Å². The van der Waals surface area contributed by atoms with Crippen LogP contribution in [0.3, 0.4) is 0 Å². The number of hydrogen-bond donors (Lipinski definition) is 7. The summed E-state index contributed by atoms with van der Waals surface area (Å²) in [5.41, 5.74) is 23.2. The fraction of sp³-hybridized carbons (Fsp3) is 0.356. The number of nitro groups is 5. The van der Waals surface area contributed by atoms with Gasteiger partial charge in [0, 0.05) is 188 Å². The predicted octanol–water partition coefficient (Wildman–Crippen LogP) is 16.1. The maximum atomic E-state index is 11.6. The average molecular weight is 1640 g/mol. The van der Waals surface area contributed by atoms with Crippen LogP contribution in [0.5, 0.6) is 0 Å². The summed E-state index contributed by atoms with van der Waals surface area (Å²) in [4.78, 5) is 127. The van der Waals surface area contributed by atoms with Crippen molar-refractivity contribution < 1.29 is 93.9 Å². The maximum Gasteiger partial charge on any atom is 0.411 e. The third-order valence-electron chi connectivity index (χ3n) is 15.0. The topological polar surface area (TPSA) is 482 Å². The van der Waals surface area contributed by atoms with Crippen molar-refractivity contribution in [3.05, 3.63) is 217 Å². The number of rotatable bonds is 10. The molecule has 6 aromatic carbocycles. The number of nitrogen functional groups attached to an aromatic ring is 2. The summed E-state index contributed by atoms with van der Waals surface area (Å²) in [6.45, 7) is 41.2. The second-order valence-electron chi connectivity index (χ2n) is 26.0. The van der Waals surface area contributed by atoms with E-state index < -0.39 is 37.7 Å². The molecule has 0 saturated carbocycles. The van der Waals surface area contributed by atoms with Gasteiger partial charge in [0.15, 0.2) is 0 Å². The molecule has 9 rings (SSSR count). The molecular formula is C73H96Cl2N12O20Pd. The Morgan fingerprint density at radius 2 is 0.907 bits per heavy atom. The number of aliphatic carboxylic acids is 2. The Balaban J connectivity index is -0.00000117. The summed E-state index contributed by atoms with van der Waals surface area (Å²) >= 11 is 4.64. The number of anilines is 7. The monoisotopic (exact) mass is 1640 g/mol. The van der Waals surface area contributed by atoms with E-state index in [1.807, 2.05) is 58.9 Å². The third-order valence-corrected chi connectivity index (χ3v) is 15.0. The first-order chi connectivity index (χ1) is 48.6. The number of carboxylic acid groups (broad SMARTS) is 3. The van der Waals surface area contributed by atoms with Gasteiger partial charge in [-0.3, -0.25) is 84.2 Å². The molecule has 0 saturated heterocycles. The molecule has 0 radical (unpaired) electrons. The van der Waals surface area contributed by atoms with Crippen LogP contribution in [0.2, 0.25) is 0 Å². The Bertz CT molecular complexity index is 4230. The molecule has 0 fully saturated rings. The number of non-ortho nitro benzene ring substituents is 5. The minimum atomic E-state index is -1.09. The van der Waals surface area contributed by atoms with Crippen LogP contribution in [0.15, 0.2) is 133 Å². The maximum absolute atomic E-state index is 11.6. The van der Waals surface area contributed by atoms with E-state index in [0.29, 0.717) is 41.5 Å². The first kappa shape index (κ1) is 101. The molecule has 0 aliphatic carbocycles. The van der Waals surface area contributed by atoms with E-state index in [1.54, 1.807) is 62.1 Å². The Labute approximate surface area is 651 Å². The molecule has 3 aliphatic rings. The fourth-order valence-electron chi connectivity index (χ4n) is 9.58. The Morgan fingerprint density at radius 3 is 1.30 bits per heavy atom. The molecule has 3 aliphatic heterocycles. The van der Waals surface area contributed by atoms with Crippen molar-refractivity contribution in [1.82, 2.24) is 0 Å². The number of halogens is 2. The number of nitrogens with zero attached hydrogens (tertiary/aromatic N) is 8. The van der Waals surface area contributed by atoms with Gasteiger partial charge < -0.3 is 47.2 Å². The van der Waals surface area contributed by atoms with Crippen LogP contribution in [0, 0.1) is 71.3 Å². The van der Waals surface area contributed by atoms with E-state index in [-0.39, 0.29) is 105 Å². The van der Waals surface area contributed by atoms with Gasteiger partial charge in [-0.25, -0.2) is 4.79 Å². The minimum Gasteiger partial charge on any atom is -0.481 e. The normalized spacial score (nSPS) is 12.2. The molecule has 3 heterocycles. The molecule has 9 N–H and O–H groups in total. The van der Waals surface area contributed by atoms with Gasteiger partial charge in [0.05, 0.1) is 41.7 Å². The number of nitrogens with one attached hydrogen (secondary N) is 2. The average Bonchev–Trinajstić information content (AvgIpc) is 1.62. The number of carbonyl (C=O) groups is 7. The zero-order valence-corrected chi connectivity index (χ0v) is 66.6. The molecule has 0 bridgehead atoms. The second kappa shape index (κ2) is 46.0. The van der Waals surface area contributed by atoms with Crippen molar-refractivity contribution in [3.8, 4) is 0 Å². The van der Waals surface area contributed by atoms with Gasteiger partial charge >= 0.3 is 6.09 Å². The number of fused-ring (bicyclic) bond motifs is 3. The van der Waals surface area contributed by atoms with Gasteiger partial charge in [-0.05, 0) is 110 Å². The molecule has 0 unspecified atom stereocenters. The molecule has 0 spiro atoms. The first-order valence-electron chi connectivity index (χ1n) is 32.1. The molecule has 4 amide bonds. The quantitative estimate of drug-likeness (QED) is 0.0167. The van der Waals surface area contributed by atoms with E-state index in [4.69, 9.17) is 36.4 Å². The number of allylic oxidation sites excluding steroid dienone is 1. The van der Waals surface area contributed by atoms with Crippen LogP contribution in [0.25, 0.3) is 0 Å². The van der Waals surface area contributed by atoms with Crippen LogP contribution in [-0.2, 0) is 65.4 Å². The first-order valence-corrected chi connectivity index (χ1v) is 32.4. The SMILES string of the molecule is C=C(C)CC.C=C(C)CN(C(C)=O)c1cc([N+](=O)[O-])ccc1C.CC(=O)Cl.CC(=O)N1CC(C)(C)c2ccc(N)cc21.CC(=O)Nc1cc([N+](=O)[O-])ccc1C.CC(=O)O.CC(=O)O.CC1(C)CN(C(=O)O)c2cc([N+](=O)[O-])ccc21.CC1(C)CNc2cc([N+](=O)[O-])ccc21.Cc1ccc([N+](=O)[O-])cc1N.Cl.[Pd].